The van der Waals surface area contributed by atoms with Crippen LogP contribution < -0.4 is 29.6 Å². The fourth-order valence-corrected chi connectivity index (χ4v) is 2.04. The predicted octanol–water partition coefficient (Wildman–Crippen LogP) is -1.12. The maximum Gasteiger partial charge on any atom is 1.00 e. The van der Waals surface area contributed by atoms with E-state index in [1.165, 1.54) is 0 Å². The van der Waals surface area contributed by atoms with E-state index in [2.05, 4.69) is 14.2 Å². The molecule has 0 heterocycles. The molecule has 0 rings (SSSR count). The summed E-state index contributed by atoms with van der Waals surface area (Å²) in [6, 6.07) is -1.60. The number of nitrogens with zero attached hydrogens (tertiary/aromatic N) is 3. The van der Waals surface area contributed by atoms with Crippen molar-refractivity contribution in [2.24, 2.45) is 5.11 Å². The van der Waals surface area contributed by atoms with E-state index in [0.717, 1.165) is 0 Å². The zero-order valence-corrected chi connectivity index (χ0v) is 16.4. The summed E-state index contributed by atoms with van der Waals surface area (Å²) in [6.45, 7) is 4.74. The van der Waals surface area contributed by atoms with Gasteiger partial charge in [0, 0.05) is 10.8 Å². The van der Waals surface area contributed by atoms with Crippen molar-refractivity contribution in [1.29, 1.82) is 0 Å². The van der Waals surface area contributed by atoms with Gasteiger partial charge in [-0.15, -0.1) is 11.6 Å². The van der Waals surface area contributed by atoms with Gasteiger partial charge in [0.05, 0.1) is 6.10 Å². The van der Waals surface area contributed by atoms with E-state index in [9.17, 15) is 17.8 Å². The van der Waals surface area contributed by atoms with E-state index in [4.69, 9.17) is 21.9 Å². The smallest absolute Gasteiger partial charge is 0.726 e. The maximum atomic E-state index is 11.9. The summed E-state index contributed by atoms with van der Waals surface area (Å²) in [7, 11) is -5.08. The molecule has 122 valence electrons. The summed E-state index contributed by atoms with van der Waals surface area (Å²) >= 11 is 5.48. The molecule has 0 fully saturated rings. The van der Waals surface area contributed by atoms with Crippen molar-refractivity contribution < 1.29 is 56.2 Å². The van der Waals surface area contributed by atoms with Gasteiger partial charge < -0.3 is 9.29 Å². The standard InChI is InChI=1S/C10H18ClN3O6S.Na/c1-10(2,3)19-9(15)8(13-14-12)7(5-4-6-11)20-21(16,17)18;/h7-8H,4-6H2,1-3H3,(H,16,17,18);/q;+1/p-1/t7-,8-;/m0./s1. The van der Waals surface area contributed by atoms with Gasteiger partial charge in [0.1, 0.15) is 5.60 Å². The van der Waals surface area contributed by atoms with Crippen molar-refractivity contribution in [3.63, 3.8) is 0 Å². The molecule has 0 saturated carbocycles. The predicted molar refractivity (Wildman–Crippen MR) is 73.3 cm³/mol. The summed E-state index contributed by atoms with van der Waals surface area (Å²) in [5.41, 5.74) is 7.62. The Morgan fingerprint density at radius 1 is 1.45 bits per heavy atom. The molecular formula is C10H17ClN3NaO6S. The van der Waals surface area contributed by atoms with Crippen LogP contribution >= 0.6 is 11.6 Å². The Morgan fingerprint density at radius 2 is 2.00 bits per heavy atom. The van der Waals surface area contributed by atoms with Crippen LogP contribution in [0.4, 0.5) is 0 Å². The molecular weight excluding hydrogens is 349 g/mol. The topological polar surface area (TPSA) is 141 Å². The van der Waals surface area contributed by atoms with E-state index < -0.39 is 34.1 Å². The van der Waals surface area contributed by atoms with E-state index in [1.807, 2.05) is 0 Å². The van der Waals surface area contributed by atoms with Crippen LogP contribution in [0.25, 0.3) is 10.4 Å². The van der Waals surface area contributed by atoms with Gasteiger partial charge in [-0.05, 0) is 39.1 Å². The minimum Gasteiger partial charge on any atom is -0.726 e. The fraction of sp³-hybridized carbons (Fsp3) is 0.900. The van der Waals surface area contributed by atoms with Gasteiger partial charge in [0.15, 0.2) is 6.04 Å². The summed E-state index contributed by atoms with van der Waals surface area (Å²) in [6.07, 6.45) is -1.27. The SMILES string of the molecule is CC(C)(C)OC(=O)[C@@H](N=[N+]=[N-])[C@H](CCCCl)OS(=O)(=O)[O-].[Na+]. The first-order valence-electron chi connectivity index (χ1n) is 5.97. The molecule has 0 bridgehead atoms. The number of hydrogen-bond acceptors (Lipinski definition) is 7. The van der Waals surface area contributed by atoms with Crippen molar-refractivity contribution in [2.45, 2.75) is 51.4 Å². The van der Waals surface area contributed by atoms with Gasteiger partial charge in [-0.1, -0.05) is 5.11 Å². The zero-order chi connectivity index (χ0) is 16.7. The molecule has 0 aliphatic carbocycles. The van der Waals surface area contributed by atoms with Gasteiger partial charge in [0.25, 0.3) is 0 Å². The largest absolute Gasteiger partial charge is 1.00 e. The number of carbonyl (C=O) groups excluding carboxylic acids is 1. The normalized spacial score (nSPS) is 14.2. The van der Waals surface area contributed by atoms with Crippen molar-refractivity contribution in [3.05, 3.63) is 10.4 Å². The average Bonchev–Trinajstić information content (AvgIpc) is 2.27. The Balaban J connectivity index is 0. The second-order valence-electron chi connectivity index (χ2n) is 5.06. The number of alkyl halides is 1. The van der Waals surface area contributed by atoms with Crippen LogP contribution in [-0.4, -0.2) is 42.6 Å². The molecule has 22 heavy (non-hydrogen) atoms. The second-order valence-corrected chi connectivity index (χ2v) is 6.44. The third-order valence-corrected chi connectivity index (χ3v) is 2.79. The molecule has 0 aliphatic rings. The van der Waals surface area contributed by atoms with Crippen LogP contribution in [0.1, 0.15) is 33.6 Å². The first kappa shape index (κ1) is 24.2. The Hall–Kier alpha value is -0.0600. The minimum atomic E-state index is -5.08. The summed E-state index contributed by atoms with van der Waals surface area (Å²) in [5, 5.41) is 3.18. The second kappa shape index (κ2) is 10.7. The molecule has 0 spiro atoms. The van der Waals surface area contributed by atoms with Crippen LogP contribution in [-0.2, 0) is 24.1 Å². The molecule has 9 nitrogen and oxygen atoms in total. The van der Waals surface area contributed by atoms with Crippen LogP contribution in [0.15, 0.2) is 5.11 Å². The van der Waals surface area contributed by atoms with Crippen LogP contribution in [0.3, 0.4) is 0 Å². The first-order chi connectivity index (χ1) is 9.50. The molecule has 0 amide bonds. The van der Waals surface area contributed by atoms with Crippen molar-refractivity contribution >= 4 is 28.0 Å². The van der Waals surface area contributed by atoms with Crippen molar-refractivity contribution in [2.75, 3.05) is 5.88 Å². The third-order valence-electron chi connectivity index (χ3n) is 2.04. The zero-order valence-electron chi connectivity index (χ0n) is 12.9. The van der Waals surface area contributed by atoms with Gasteiger partial charge in [0.2, 0.25) is 10.4 Å². The van der Waals surface area contributed by atoms with Crippen LogP contribution in [0.5, 0.6) is 0 Å². The summed E-state index contributed by atoms with van der Waals surface area (Å²) < 4.78 is 41.5. The number of hydrogen-bond donors (Lipinski definition) is 0. The van der Waals surface area contributed by atoms with Gasteiger partial charge in [-0.3, -0.25) is 8.98 Å². The average molecular weight is 366 g/mol. The number of azide groups is 1. The van der Waals surface area contributed by atoms with E-state index in [-0.39, 0.29) is 48.3 Å². The van der Waals surface area contributed by atoms with Gasteiger partial charge in [-0.2, -0.15) is 0 Å². The Bertz CT molecular complexity index is 503. The molecule has 0 aromatic rings. The fourth-order valence-electron chi connectivity index (χ4n) is 1.38. The Morgan fingerprint density at radius 3 is 2.36 bits per heavy atom. The number of rotatable bonds is 8. The number of esters is 1. The van der Waals surface area contributed by atoms with Crippen LogP contribution in [0, 0.1) is 0 Å². The van der Waals surface area contributed by atoms with E-state index >= 15 is 0 Å². The van der Waals surface area contributed by atoms with Crippen LogP contribution in [0.2, 0.25) is 0 Å². The molecule has 0 radical (unpaired) electrons. The molecule has 2 atom stereocenters. The third kappa shape index (κ3) is 11.5. The summed E-state index contributed by atoms with van der Waals surface area (Å²) in [4.78, 5) is 14.4. The maximum absolute atomic E-state index is 11.9. The molecule has 0 saturated heterocycles. The van der Waals surface area contributed by atoms with E-state index in [0.29, 0.717) is 0 Å². The van der Waals surface area contributed by atoms with Gasteiger partial charge in [-0.25, -0.2) is 8.42 Å². The van der Waals surface area contributed by atoms with Crippen molar-refractivity contribution in [3.8, 4) is 0 Å². The Kier molecular flexibility index (Phi) is 11.7. The van der Waals surface area contributed by atoms with E-state index in [1.54, 1.807) is 20.8 Å². The van der Waals surface area contributed by atoms with Gasteiger partial charge >= 0.3 is 35.5 Å². The number of halogens is 1. The minimum absolute atomic E-state index is 0. The molecule has 12 heteroatoms. The number of carbonyl (C=O) groups is 1. The van der Waals surface area contributed by atoms with Crippen molar-refractivity contribution in [1.82, 2.24) is 0 Å². The molecule has 0 aliphatic heterocycles. The molecule has 0 aromatic heterocycles. The molecule has 0 aromatic carbocycles. The monoisotopic (exact) mass is 365 g/mol. The molecule has 0 unspecified atom stereocenters. The number of ether oxygens (including phenoxy) is 1. The molecule has 0 N–H and O–H groups in total. The summed E-state index contributed by atoms with van der Waals surface area (Å²) in [5.74, 6) is -0.834. The Labute approximate surface area is 156 Å². The first-order valence-corrected chi connectivity index (χ1v) is 7.84. The quantitative estimate of drug-likeness (QED) is 0.0779.